The van der Waals surface area contributed by atoms with Crippen LogP contribution in [0.3, 0.4) is 0 Å². The van der Waals surface area contributed by atoms with Crippen LogP contribution in [0.25, 0.3) is 0 Å². The minimum atomic E-state index is 0.567. The van der Waals surface area contributed by atoms with E-state index in [1.165, 1.54) is 0 Å². The van der Waals surface area contributed by atoms with E-state index in [-0.39, 0.29) is 0 Å². The van der Waals surface area contributed by atoms with E-state index in [1.807, 2.05) is 26.8 Å². The zero-order valence-electron chi connectivity index (χ0n) is 6.85. The Kier molecular flexibility index (Phi) is 4.67. The molecule has 0 bridgehead atoms. The minimum absolute atomic E-state index is 0.567. The van der Waals surface area contributed by atoms with E-state index in [4.69, 9.17) is 10.2 Å². The molecule has 0 amide bonds. The molecule has 0 aliphatic heterocycles. The Labute approximate surface area is 62.0 Å². The van der Waals surface area contributed by atoms with E-state index in [0.29, 0.717) is 6.54 Å². The second-order valence-electron chi connectivity index (χ2n) is 1.77. The molecule has 10 heavy (non-hydrogen) atoms. The molecule has 0 aromatic carbocycles. The van der Waals surface area contributed by atoms with Gasteiger partial charge in [0.1, 0.15) is 5.76 Å². The van der Waals surface area contributed by atoms with Gasteiger partial charge in [-0.15, -0.1) is 0 Å². The summed E-state index contributed by atoms with van der Waals surface area (Å²) in [5.41, 5.74) is 6.36. The molecule has 0 aliphatic rings. The third kappa shape index (κ3) is 2.69. The maximum Gasteiger partial charge on any atom is 0.101 e. The van der Waals surface area contributed by atoms with Gasteiger partial charge in [-0.1, -0.05) is 13.8 Å². The minimum Gasteiger partial charge on any atom is -0.469 e. The van der Waals surface area contributed by atoms with Gasteiger partial charge >= 0.3 is 0 Å². The number of rotatable bonds is 1. The molecule has 2 N–H and O–H groups in total. The predicted molar refractivity (Wildman–Crippen MR) is 42.7 cm³/mol. The van der Waals surface area contributed by atoms with Crippen LogP contribution in [0.15, 0.2) is 16.7 Å². The van der Waals surface area contributed by atoms with E-state index in [1.54, 1.807) is 6.26 Å². The lowest BCUT2D eigenvalue weighted by molar-refractivity contribution is 0.532. The average Bonchev–Trinajstić information content (AvgIpc) is 2.40. The molecule has 1 aromatic heterocycles. The first kappa shape index (κ1) is 9.24. The second kappa shape index (κ2) is 5.06. The van der Waals surface area contributed by atoms with Crippen molar-refractivity contribution in [1.82, 2.24) is 0 Å². The first-order valence-corrected chi connectivity index (χ1v) is 3.57. The van der Waals surface area contributed by atoms with E-state index < -0.39 is 0 Å². The summed E-state index contributed by atoms with van der Waals surface area (Å²) in [6.07, 6.45) is 1.68. The molecule has 0 radical (unpaired) electrons. The number of hydrogen-bond acceptors (Lipinski definition) is 2. The van der Waals surface area contributed by atoms with Gasteiger partial charge in [0, 0.05) is 12.1 Å². The molecule has 0 unspecified atom stereocenters. The highest BCUT2D eigenvalue weighted by Gasteiger charge is 1.91. The Morgan fingerprint density at radius 3 is 2.30 bits per heavy atom. The Hall–Kier alpha value is -0.760. The van der Waals surface area contributed by atoms with Crippen molar-refractivity contribution in [2.75, 3.05) is 0 Å². The average molecular weight is 141 g/mol. The van der Waals surface area contributed by atoms with Gasteiger partial charge in [-0.3, -0.25) is 0 Å². The molecular formula is C8H15NO. The standard InChI is InChI=1S/C6H9NO.C2H6/c1-5-2-6(3-7)4-8-5;1-2/h2,4H,3,7H2,1H3;1-2H3. The van der Waals surface area contributed by atoms with Crippen LogP contribution in [0.1, 0.15) is 25.2 Å². The lowest BCUT2D eigenvalue weighted by atomic mass is 10.3. The summed E-state index contributed by atoms with van der Waals surface area (Å²) >= 11 is 0. The summed E-state index contributed by atoms with van der Waals surface area (Å²) in [6.45, 7) is 6.47. The first-order chi connectivity index (χ1) is 4.83. The molecule has 0 aliphatic carbocycles. The van der Waals surface area contributed by atoms with E-state index in [9.17, 15) is 0 Å². The van der Waals surface area contributed by atoms with E-state index in [2.05, 4.69) is 0 Å². The van der Waals surface area contributed by atoms with Gasteiger partial charge < -0.3 is 10.2 Å². The molecule has 58 valence electrons. The zero-order chi connectivity index (χ0) is 7.98. The van der Waals surface area contributed by atoms with Gasteiger partial charge in [-0.05, 0) is 13.0 Å². The fraction of sp³-hybridized carbons (Fsp3) is 0.500. The highest BCUT2D eigenvalue weighted by atomic mass is 16.3. The largest absolute Gasteiger partial charge is 0.469 e. The molecule has 0 atom stereocenters. The lowest BCUT2D eigenvalue weighted by Crippen LogP contribution is -1.92. The molecule has 0 fully saturated rings. The molecule has 2 heteroatoms. The van der Waals surface area contributed by atoms with Crippen molar-refractivity contribution in [3.8, 4) is 0 Å². The van der Waals surface area contributed by atoms with Gasteiger partial charge in [0.2, 0.25) is 0 Å². The molecule has 1 aromatic rings. The fourth-order valence-electron chi connectivity index (χ4n) is 0.605. The van der Waals surface area contributed by atoms with Crippen molar-refractivity contribution in [1.29, 1.82) is 0 Å². The van der Waals surface area contributed by atoms with Crippen LogP contribution in [0.5, 0.6) is 0 Å². The van der Waals surface area contributed by atoms with Crippen LogP contribution in [0.4, 0.5) is 0 Å². The van der Waals surface area contributed by atoms with E-state index >= 15 is 0 Å². The van der Waals surface area contributed by atoms with Gasteiger partial charge in [0.05, 0.1) is 6.26 Å². The number of furan rings is 1. The summed E-state index contributed by atoms with van der Waals surface area (Å²) in [5.74, 6) is 0.922. The van der Waals surface area contributed by atoms with Crippen LogP contribution in [-0.2, 0) is 6.54 Å². The molecule has 0 spiro atoms. The smallest absolute Gasteiger partial charge is 0.101 e. The van der Waals surface area contributed by atoms with Crippen molar-refractivity contribution in [2.24, 2.45) is 5.73 Å². The maximum absolute atomic E-state index is 5.30. The molecular weight excluding hydrogens is 126 g/mol. The Bertz CT molecular complexity index is 170. The predicted octanol–water partition coefficient (Wildman–Crippen LogP) is 2.07. The fourth-order valence-corrected chi connectivity index (χ4v) is 0.605. The van der Waals surface area contributed by atoms with Crippen LogP contribution >= 0.6 is 0 Å². The normalized spacial score (nSPS) is 8.40. The maximum atomic E-state index is 5.30. The Morgan fingerprint density at radius 2 is 2.10 bits per heavy atom. The number of nitrogens with two attached hydrogens (primary N) is 1. The number of hydrogen-bond donors (Lipinski definition) is 1. The molecule has 2 nitrogen and oxygen atoms in total. The van der Waals surface area contributed by atoms with Gasteiger partial charge in [-0.25, -0.2) is 0 Å². The van der Waals surface area contributed by atoms with Crippen molar-refractivity contribution in [2.45, 2.75) is 27.3 Å². The summed E-state index contributed by atoms with van der Waals surface area (Å²) in [7, 11) is 0. The summed E-state index contributed by atoms with van der Waals surface area (Å²) in [4.78, 5) is 0. The third-order valence-corrected chi connectivity index (χ3v) is 1.02. The molecule has 1 heterocycles. The summed E-state index contributed by atoms with van der Waals surface area (Å²) in [5, 5.41) is 0. The van der Waals surface area contributed by atoms with Crippen molar-refractivity contribution in [3.63, 3.8) is 0 Å². The highest BCUT2D eigenvalue weighted by molar-refractivity contribution is 5.10. The topological polar surface area (TPSA) is 39.2 Å². The zero-order valence-corrected chi connectivity index (χ0v) is 6.85. The molecule has 0 saturated carbocycles. The van der Waals surface area contributed by atoms with Crippen LogP contribution in [0, 0.1) is 6.92 Å². The Morgan fingerprint density at radius 1 is 1.50 bits per heavy atom. The first-order valence-electron chi connectivity index (χ1n) is 3.57. The Balaban J connectivity index is 0.000000371. The van der Waals surface area contributed by atoms with Crippen LogP contribution < -0.4 is 5.73 Å². The molecule has 1 rings (SSSR count). The highest BCUT2D eigenvalue weighted by Crippen LogP contribution is 2.03. The van der Waals surface area contributed by atoms with E-state index in [0.717, 1.165) is 11.3 Å². The monoisotopic (exact) mass is 141 g/mol. The van der Waals surface area contributed by atoms with Crippen molar-refractivity contribution < 1.29 is 4.42 Å². The summed E-state index contributed by atoms with van der Waals surface area (Å²) < 4.78 is 4.98. The quantitative estimate of drug-likeness (QED) is 0.650. The number of aryl methyl sites for hydroxylation is 1. The van der Waals surface area contributed by atoms with Gasteiger partial charge in [-0.2, -0.15) is 0 Å². The van der Waals surface area contributed by atoms with Crippen LogP contribution in [0.2, 0.25) is 0 Å². The van der Waals surface area contributed by atoms with Gasteiger partial charge in [0.25, 0.3) is 0 Å². The second-order valence-corrected chi connectivity index (χ2v) is 1.77. The van der Waals surface area contributed by atoms with Gasteiger partial charge in [0.15, 0.2) is 0 Å². The van der Waals surface area contributed by atoms with Crippen molar-refractivity contribution >= 4 is 0 Å². The third-order valence-electron chi connectivity index (χ3n) is 1.02. The SMILES string of the molecule is CC.Cc1cc(CN)co1. The molecule has 0 saturated heterocycles. The lowest BCUT2D eigenvalue weighted by Gasteiger charge is -1.78. The summed E-state index contributed by atoms with van der Waals surface area (Å²) in [6, 6.07) is 1.93. The van der Waals surface area contributed by atoms with Crippen LogP contribution in [-0.4, -0.2) is 0 Å². The van der Waals surface area contributed by atoms with Crippen molar-refractivity contribution in [3.05, 3.63) is 23.7 Å².